The van der Waals surface area contributed by atoms with Crippen molar-refractivity contribution in [3.63, 3.8) is 0 Å². The maximum Gasteiger partial charge on any atom is 0.341 e. The fourth-order valence-corrected chi connectivity index (χ4v) is 3.65. The number of carboxylic acid groups (broad SMARTS) is 1. The van der Waals surface area contributed by atoms with Gasteiger partial charge in [-0.05, 0) is 25.0 Å². The van der Waals surface area contributed by atoms with Gasteiger partial charge in [0.05, 0.1) is 5.69 Å². The molecule has 0 radical (unpaired) electrons. The van der Waals surface area contributed by atoms with Gasteiger partial charge in [-0.1, -0.05) is 31.4 Å². The zero-order valence-electron chi connectivity index (χ0n) is 13.7. The van der Waals surface area contributed by atoms with Crippen molar-refractivity contribution in [1.29, 1.82) is 0 Å². The van der Waals surface area contributed by atoms with Gasteiger partial charge in [0.2, 0.25) is 5.91 Å². The second kappa shape index (κ2) is 8.11. The summed E-state index contributed by atoms with van der Waals surface area (Å²) in [7, 11) is 0. The predicted molar refractivity (Wildman–Crippen MR) is 95.9 cm³/mol. The van der Waals surface area contributed by atoms with Crippen molar-refractivity contribution in [2.45, 2.75) is 32.1 Å². The first kappa shape index (κ1) is 17.4. The Labute approximate surface area is 149 Å². The third-order valence-electron chi connectivity index (χ3n) is 4.20. The molecular weight excluding hydrogens is 340 g/mol. The molecule has 0 atom stereocenters. The molecule has 0 bridgehead atoms. The SMILES string of the molecule is O=C(O)COc1cccc(-c2csc(NC(=O)C3CCCCC3)n2)c1. The Bertz CT molecular complexity index is 753. The molecule has 1 aliphatic rings. The lowest BCUT2D eigenvalue weighted by Gasteiger charge is -2.19. The van der Waals surface area contributed by atoms with Gasteiger partial charge >= 0.3 is 5.97 Å². The zero-order chi connectivity index (χ0) is 17.6. The lowest BCUT2D eigenvalue weighted by molar-refractivity contribution is -0.139. The molecule has 2 aromatic rings. The van der Waals surface area contributed by atoms with Crippen LogP contribution in [0.15, 0.2) is 29.6 Å². The molecule has 1 heterocycles. The largest absolute Gasteiger partial charge is 0.482 e. The maximum atomic E-state index is 12.3. The van der Waals surface area contributed by atoms with Gasteiger partial charge in [-0.25, -0.2) is 9.78 Å². The van der Waals surface area contributed by atoms with Gasteiger partial charge in [0, 0.05) is 16.9 Å². The van der Waals surface area contributed by atoms with Gasteiger partial charge in [0.25, 0.3) is 0 Å². The second-order valence-corrected chi connectivity index (χ2v) is 6.93. The Kier molecular flexibility index (Phi) is 5.65. The Balaban J connectivity index is 1.65. The number of carbonyl (C=O) groups is 2. The van der Waals surface area contributed by atoms with Crippen LogP contribution in [0.25, 0.3) is 11.3 Å². The quantitative estimate of drug-likeness (QED) is 0.818. The summed E-state index contributed by atoms with van der Waals surface area (Å²) in [5, 5.41) is 14.0. The van der Waals surface area contributed by atoms with Gasteiger partial charge < -0.3 is 15.2 Å². The summed E-state index contributed by atoms with van der Waals surface area (Å²) in [4.78, 5) is 27.4. The first-order valence-corrected chi connectivity index (χ1v) is 9.21. The van der Waals surface area contributed by atoms with E-state index in [2.05, 4.69) is 10.3 Å². The molecular formula is C18H20N2O4S. The minimum atomic E-state index is -1.02. The van der Waals surface area contributed by atoms with E-state index >= 15 is 0 Å². The molecule has 7 heteroatoms. The fraction of sp³-hybridized carbons (Fsp3) is 0.389. The van der Waals surface area contributed by atoms with Crippen LogP contribution in [0.4, 0.5) is 5.13 Å². The fourth-order valence-electron chi connectivity index (χ4n) is 2.93. The van der Waals surface area contributed by atoms with Crippen LogP contribution in [0.5, 0.6) is 5.75 Å². The number of aromatic nitrogens is 1. The van der Waals surface area contributed by atoms with Crippen LogP contribution in [-0.4, -0.2) is 28.6 Å². The highest BCUT2D eigenvalue weighted by molar-refractivity contribution is 7.14. The number of nitrogens with one attached hydrogen (secondary N) is 1. The molecule has 1 amide bonds. The summed E-state index contributed by atoms with van der Waals surface area (Å²) in [6, 6.07) is 7.09. The van der Waals surface area contributed by atoms with Gasteiger partial charge in [-0.15, -0.1) is 11.3 Å². The molecule has 132 valence electrons. The number of carbonyl (C=O) groups excluding carboxylic acids is 1. The highest BCUT2D eigenvalue weighted by Crippen LogP contribution is 2.29. The predicted octanol–water partition coefficient (Wildman–Crippen LogP) is 3.79. The first-order valence-electron chi connectivity index (χ1n) is 8.33. The number of benzene rings is 1. The van der Waals surface area contributed by atoms with Crippen molar-refractivity contribution in [3.8, 4) is 17.0 Å². The smallest absolute Gasteiger partial charge is 0.341 e. The Morgan fingerprint density at radius 1 is 1.28 bits per heavy atom. The minimum absolute atomic E-state index is 0.0548. The number of thiazole rings is 1. The second-order valence-electron chi connectivity index (χ2n) is 6.07. The van der Waals surface area contributed by atoms with Gasteiger partial charge in [-0.3, -0.25) is 4.79 Å². The molecule has 0 unspecified atom stereocenters. The summed E-state index contributed by atoms with van der Waals surface area (Å²) in [5.74, 6) is -0.402. The molecule has 2 N–H and O–H groups in total. The van der Waals surface area contributed by atoms with Gasteiger partial charge in [0.15, 0.2) is 11.7 Å². The zero-order valence-corrected chi connectivity index (χ0v) is 14.6. The third kappa shape index (κ3) is 4.79. The summed E-state index contributed by atoms with van der Waals surface area (Å²) >= 11 is 1.38. The summed E-state index contributed by atoms with van der Waals surface area (Å²) in [5.41, 5.74) is 1.54. The molecule has 1 fully saturated rings. The average Bonchev–Trinajstić information content (AvgIpc) is 3.09. The topological polar surface area (TPSA) is 88.5 Å². The number of aliphatic carboxylic acids is 1. The van der Waals surface area contributed by atoms with Crippen LogP contribution >= 0.6 is 11.3 Å². The lowest BCUT2D eigenvalue weighted by atomic mass is 9.89. The molecule has 6 nitrogen and oxygen atoms in total. The number of hydrogen-bond acceptors (Lipinski definition) is 5. The number of carboxylic acids is 1. The minimum Gasteiger partial charge on any atom is -0.482 e. The van der Waals surface area contributed by atoms with Crippen LogP contribution in [0.3, 0.4) is 0 Å². The number of hydrogen-bond donors (Lipinski definition) is 2. The highest BCUT2D eigenvalue weighted by atomic mass is 32.1. The van der Waals surface area contributed by atoms with Crippen molar-refractivity contribution in [1.82, 2.24) is 4.98 Å². The number of anilines is 1. The van der Waals surface area contributed by atoms with Crippen LogP contribution < -0.4 is 10.1 Å². The molecule has 1 aromatic heterocycles. The van der Waals surface area contributed by atoms with E-state index in [0.717, 1.165) is 36.9 Å². The number of nitrogens with zero attached hydrogens (tertiary/aromatic N) is 1. The monoisotopic (exact) mass is 360 g/mol. The van der Waals surface area contributed by atoms with E-state index in [4.69, 9.17) is 9.84 Å². The summed E-state index contributed by atoms with van der Waals surface area (Å²) in [6.07, 6.45) is 5.35. The van der Waals surface area contributed by atoms with Gasteiger partial charge in [0.1, 0.15) is 5.75 Å². The van der Waals surface area contributed by atoms with E-state index in [9.17, 15) is 9.59 Å². The first-order chi connectivity index (χ1) is 12.1. The lowest BCUT2D eigenvalue weighted by Crippen LogP contribution is -2.24. The van der Waals surface area contributed by atoms with Crippen molar-refractivity contribution >= 4 is 28.3 Å². The molecule has 0 aliphatic heterocycles. The summed E-state index contributed by atoms with van der Waals surface area (Å²) in [6.45, 7) is -0.386. The highest BCUT2D eigenvalue weighted by Gasteiger charge is 2.21. The van der Waals surface area contributed by atoms with Gasteiger partial charge in [-0.2, -0.15) is 0 Å². The standard InChI is InChI=1S/C18H20N2O4S/c21-16(22)10-24-14-8-4-7-13(9-14)15-11-25-18(19-15)20-17(23)12-5-2-1-3-6-12/h4,7-9,11-12H,1-3,5-6,10H2,(H,21,22)(H,19,20,23). The number of amides is 1. The Morgan fingerprint density at radius 2 is 2.08 bits per heavy atom. The molecule has 1 saturated carbocycles. The van der Waals surface area contributed by atoms with Crippen molar-refractivity contribution in [2.24, 2.45) is 5.92 Å². The molecule has 25 heavy (non-hydrogen) atoms. The normalized spacial score (nSPS) is 14.9. The molecule has 0 spiro atoms. The van der Waals surface area contributed by atoms with Crippen molar-refractivity contribution < 1.29 is 19.4 Å². The van der Waals surface area contributed by atoms with Crippen LogP contribution in [0, 0.1) is 5.92 Å². The van der Waals surface area contributed by atoms with Crippen LogP contribution in [-0.2, 0) is 9.59 Å². The summed E-state index contributed by atoms with van der Waals surface area (Å²) < 4.78 is 5.19. The maximum absolute atomic E-state index is 12.3. The average molecular weight is 360 g/mol. The Hall–Kier alpha value is -2.41. The van der Waals surface area contributed by atoms with Crippen LogP contribution in [0.1, 0.15) is 32.1 Å². The van der Waals surface area contributed by atoms with E-state index < -0.39 is 5.97 Å². The van der Waals surface area contributed by atoms with E-state index in [1.807, 2.05) is 11.4 Å². The van der Waals surface area contributed by atoms with Crippen molar-refractivity contribution in [2.75, 3.05) is 11.9 Å². The van der Waals surface area contributed by atoms with E-state index in [1.165, 1.54) is 17.8 Å². The number of ether oxygens (including phenoxy) is 1. The molecule has 3 rings (SSSR count). The molecule has 1 aliphatic carbocycles. The number of rotatable bonds is 6. The van der Waals surface area contributed by atoms with E-state index in [0.29, 0.717) is 10.9 Å². The Morgan fingerprint density at radius 3 is 2.84 bits per heavy atom. The molecule has 0 saturated heterocycles. The third-order valence-corrected chi connectivity index (χ3v) is 4.96. The van der Waals surface area contributed by atoms with E-state index in [1.54, 1.807) is 18.2 Å². The van der Waals surface area contributed by atoms with Crippen molar-refractivity contribution in [3.05, 3.63) is 29.6 Å². The molecule has 1 aromatic carbocycles. The van der Waals surface area contributed by atoms with Crippen LogP contribution in [0.2, 0.25) is 0 Å². The van der Waals surface area contributed by atoms with E-state index in [-0.39, 0.29) is 18.4 Å².